The second-order valence-corrected chi connectivity index (χ2v) is 5.83. The molecule has 106 valence electrons. The molecular formula is C13H17N5OS. The molecule has 0 saturated carbocycles. The zero-order valence-corrected chi connectivity index (χ0v) is 12.1. The molecule has 3 heterocycles. The van der Waals surface area contributed by atoms with Gasteiger partial charge in [0.2, 0.25) is 5.91 Å². The number of aryl methyl sites for hydroxylation is 1. The van der Waals surface area contributed by atoms with E-state index >= 15 is 0 Å². The number of aromatic nitrogens is 3. The highest BCUT2D eigenvalue weighted by atomic mass is 32.1. The summed E-state index contributed by atoms with van der Waals surface area (Å²) >= 11 is 1.64. The van der Waals surface area contributed by atoms with Crippen molar-refractivity contribution in [2.45, 2.75) is 32.4 Å². The molecule has 1 aliphatic heterocycles. The second-order valence-electron chi connectivity index (χ2n) is 4.89. The fraction of sp³-hybridized carbons (Fsp3) is 0.462. The van der Waals surface area contributed by atoms with Crippen molar-refractivity contribution in [2.24, 2.45) is 0 Å². The van der Waals surface area contributed by atoms with Gasteiger partial charge in [-0.25, -0.2) is 9.97 Å². The van der Waals surface area contributed by atoms with Gasteiger partial charge in [0.25, 0.3) is 0 Å². The van der Waals surface area contributed by atoms with Gasteiger partial charge in [0.15, 0.2) is 0 Å². The number of imidazole rings is 1. The second kappa shape index (κ2) is 5.72. The Kier molecular flexibility index (Phi) is 3.79. The molecule has 7 heteroatoms. The maximum atomic E-state index is 12.1. The number of carbonyl (C=O) groups excluding carboxylic acids is 1. The average Bonchev–Trinajstić information content (AvgIpc) is 3.06. The lowest BCUT2D eigenvalue weighted by Crippen LogP contribution is -2.48. The summed E-state index contributed by atoms with van der Waals surface area (Å²) in [6.45, 7) is 3.27. The fourth-order valence-electron chi connectivity index (χ4n) is 2.29. The van der Waals surface area contributed by atoms with Gasteiger partial charge in [-0.05, 0) is 6.92 Å². The van der Waals surface area contributed by atoms with Crippen LogP contribution < -0.4 is 10.6 Å². The van der Waals surface area contributed by atoms with Crippen molar-refractivity contribution >= 4 is 17.2 Å². The number of rotatable bonds is 4. The number of H-pyrrole nitrogens is 1. The Morgan fingerprint density at radius 2 is 2.50 bits per heavy atom. The molecule has 0 aromatic carbocycles. The summed E-state index contributed by atoms with van der Waals surface area (Å²) < 4.78 is 0. The van der Waals surface area contributed by atoms with E-state index in [0.29, 0.717) is 19.5 Å². The van der Waals surface area contributed by atoms with Crippen LogP contribution in [0.25, 0.3) is 0 Å². The van der Waals surface area contributed by atoms with Crippen molar-refractivity contribution in [1.29, 1.82) is 0 Å². The number of thiazole rings is 1. The van der Waals surface area contributed by atoms with E-state index < -0.39 is 0 Å². The molecule has 3 rings (SSSR count). The highest BCUT2D eigenvalue weighted by Crippen LogP contribution is 2.12. The quantitative estimate of drug-likeness (QED) is 0.768. The number of fused-ring (bicyclic) bond motifs is 1. The Bertz CT molecular complexity index is 605. The molecule has 0 spiro atoms. The highest BCUT2D eigenvalue weighted by molar-refractivity contribution is 7.09. The summed E-state index contributed by atoms with van der Waals surface area (Å²) in [5, 5.41) is 9.27. The van der Waals surface area contributed by atoms with Crippen molar-refractivity contribution in [3.63, 3.8) is 0 Å². The maximum Gasteiger partial charge on any atom is 0.237 e. The van der Waals surface area contributed by atoms with Gasteiger partial charge in [-0.1, -0.05) is 0 Å². The van der Waals surface area contributed by atoms with Crippen LogP contribution in [0.3, 0.4) is 0 Å². The Hall–Kier alpha value is -1.73. The van der Waals surface area contributed by atoms with Crippen LogP contribution in [-0.4, -0.2) is 33.4 Å². The van der Waals surface area contributed by atoms with E-state index in [4.69, 9.17) is 0 Å². The molecule has 0 saturated heterocycles. The van der Waals surface area contributed by atoms with Gasteiger partial charge >= 0.3 is 0 Å². The molecule has 2 aromatic heterocycles. The summed E-state index contributed by atoms with van der Waals surface area (Å²) in [6.07, 6.45) is 3.10. The number of nitrogens with zero attached hydrogens (tertiary/aromatic N) is 2. The van der Waals surface area contributed by atoms with Gasteiger partial charge in [-0.2, -0.15) is 0 Å². The van der Waals surface area contributed by atoms with E-state index in [1.54, 1.807) is 17.7 Å². The highest BCUT2D eigenvalue weighted by Gasteiger charge is 2.25. The minimum atomic E-state index is -0.191. The average molecular weight is 291 g/mol. The number of carbonyl (C=O) groups is 1. The standard InChI is InChI=1S/C13H17N5OS/c1-8-6-20-12(18-8)2-3-14-13(19)10-4-9-11(5-15-10)17-7-16-9/h6-7,10,15H,2-5H2,1H3,(H,14,19)(H,16,17). The largest absolute Gasteiger partial charge is 0.354 e. The number of amides is 1. The SMILES string of the molecule is Cc1csc(CCNC(=O)C2Cc3nc[nH]c3CN2)n1. The van der Waals surface area contributed by atoms with E-state index in [2.05, 4.69) is 25.6 Å². The zero-order valence-electron chi connectivity index (χ0n) is 11.3. The van der Waals surface area contributed by atoms with Crippen LogP contribution in [0.15, 0.2) is 11.7 Å². The summed E-state index contributed by atoms with van der Waals surface area (Å²) in [7, 11) is 0. The topological polar surface area (TPSA) is 82.7 Å². The first-order chi connectivity index (χ1) is 9.72. The molecule has 0 fully saturated rings. The van der Waals surface area contributed by atoms with Crippen molar-refractivity contribution in [3.05, 3.63) is 33.8 Å². The summed E-state index contributed by atoms with van der Waals surface area (Å²) in [4.78, 5) is 23.8. The third-order valence-corrected chi connectivity index (χ3v) is 4.38. The smallest absolute Gasteiger partial charge is 0.237 e. The number of hydrogen-bond acceptors (Lipinski definition) is 5. The molecule has 3 N–H and O–H groups in total. The monoisotopic (exact) mass is 291 g/mol. The molecule has 0 radical (unpaired) electrons. The Morgan fingerprint density at radius 3 is 3.30 bits per heavy atom. The van der Waals surface area contributed by atoms with Crippen LogP contribution in [0.2, 0.25) is 0 Å². The van der Waals surface area contributed by atoms with Gasteiger partial charge in [0, 0.05) is 37.0 Å². The normalized spacial score (nSPS) is 17.8. The van der Waals surface area contributed by atoms with E-state index in [-0.39, 0.29) is 11.9 Å². The van der Waals surface area contributed by atoms with Crippen molar-refractivity contribution in [3.8, 4) is 0 Å². The van der Waals surface area contributed by atoms with Crippen LogP contribution >= 0.6 is 11.3 Å². The lowest BCUT2D eigenvalue weighted by molar-refractivity contribution is -0.123. The van der Waals surface area contributed by atoms with E-state index in [1.165, 1.54) is 0 Å². The van der Waals surface area contributed by atoms with Crippen molar-refractivity contribution < 1.29 is 4.79 Å². The first-order valence-electron chi connectivity index (χ1n) is 6.65. The van der Waals surface area contributed by atoms with Gasteiger partial charge in [0.05, 0.1) is 28.8 Å². The molecule has 1 unspecified atom stereocenters. The minimum absolute atomic E-state index is 0.0342. The van der Waals surface area contributed by atoms with Crippen LogP contribution in [0.4, 0.5) is 0 Å². The van der Waals surface area contributed by atoms with Gasteiger partial charge in [0.1, 0.15) is 0 Å². The van der Waals surface area contributed by atoms with Gasteiger partial charge < -0.3 is 10.3 Å². The number of aromatic amines is 1. The lowest BCUT2D eigenvalue weighted by atomic mass is 10.0. The maximum absolute atomic E-state index is 12.1. The minimum Gasteiger partial charge on any atom is -0.354 e. The first kappa shape index (κ1) is 13.3. The summed E-state index contributed by atoms with van der Waals surface area (Å²) in [5.41, 5.74) is 3.10. The zero-order chi connectivity index (χ0) is 13.9. The molecular weight excluding hydrogens is 274 g/mol. The molecule has 2 aromatic rings. The van der Waals surface area contributed by atoms with Crippen molar-refractivity contribution in [1.82, 2.24) is 25.6 Å². The summed E-state index contributed by atoms with van der Waals surface area (Å²) in [5.74, 6) is 0.0342. The molecule has 0 aliphatic carbocycles. The van der Waals surface area contributed by atoms with Crippen LogP contribution in [-0.2, 0) is 24.2 Å². The van der Waals surface area contributed by atoms with Crippen molar-refractivity contribution in [2.75, 3.05) is 6.54 Å². The van der Waals surface area contributed by atoms with Crippen LogP contribution in [0.5, 0.6) is 0 Å². The van der Waals surface area contributed by atoms with E-state index in [0.717, 1.165) is 28.5 Å². The Labute approximate surface area is 121 Å². The molecule has 1 atom stereocenters. The lowest BCUT2D eigenvalue weighted by Gasteiger charge is -2.22. The van der Waals surface area contributed by atoms with Crippen LogP contribution in [0, 0.1) is 6.92 Å². The van der Waals surface area contributed by atoms with Crippen LogP contribution in [0.1, 0.15) is 22.1 Å². The fourth-order valence-corrected chi connectivity index (χ4v) is 3.06. The molecule has 20 heavy (non-hydrogen) atoms. The first-order valence-corrected chi connectivity index (χ1v) is 7.53. The molecule has 6 nitrogen and oxygen atoms in total. The predicted molar refractivity (Wildman–Crippen MR) is 76.5 cm³/mol. The Balaban J connectivity index is 1.48. The third kappa shape index (κ3) is 2.88. The van der Waals surface area contributed by atoms with Gasteiger partial charge in [-0.15, -0.1) is 11.3 Å². The summed E-state index contributed by atoms with van der Waals surface area (Å²) in [6, 6.07) is -0.191. The number of hydrogen-bond donors (Lipinski definition) is 3. The molecule has 1 amide bonds. The van der Waals surface area contributed by atoms with E-state index in [1.807, 2.05) is 12.3 Å². The number of nitrogens with one attached hydrogen (secondary N) is 3. The Morgan fingerprint density at radius 1 is 1.60 bits per heavy atom. The van der Waals surface area contributed by atoms with E-state index in [9.17, 15) is 4.79 Å². The molecule has 0 bridgehead atoms. The molecule has 1 aliphatic rings. The predicted octanol–water partition coefficient (Wildman–Crippen LogP) is 0.548. The third-order valence-electron chi connectivity index (χ3n) is 3.35. The van der Waals surface area contributed by atoms with Gasteiger partial charge in [-0.3, -0.25) is 10.1 Å².